The molecule has 1 heterocycles. The predicted molar refractivity (Wildman–Crippen MR) is 90.1 cm³/mol. The second-order valence-electron chi connectivity index (χ2n) is 7.44. The average molecular weight is 303 g/mol. The monoisotopic (exact) mass is 303 g/mol. The molecule has 1 amide bonds. The summed E-state index contributed by atoms with van der Waals surface area (Å²) in [5.41, 5.74) is 1.36. The van der Waals surface area contributed by atoms with E-state index in [1.807, 2.05) is 11.0 Å². The Hall–Kier alpha value is -1.51. The van der Waals surface area contributed by atoms with Crippen molar-refractivity contribution in [3.63, 3.8) is 0 Å². The first kappa shape index (κ1) is 16.9. The van der Waals surface area contributed by atoms with E-state index in [0.717, 1.165) is 38.1 Å². The lowest BCUT2D eigenvalue weighted by molar-refractivity contribution is -0.134. The molecule has 2 rings (SSSR count). The molecule has 0 aromatic heterocycles. The van der Waals surface area contributed by atoms with Gasteiger partial charge in [0.2, 0.25) is 5.91 Å². The number of nitrogens with zero attached hydrogens (tertiary/aromatic N) is 1. The Bertz CT molecular complexity index is 496. The lowest BCUT2D eigenvalue weighted by atomic mass is 9.91. The molecule has 1 aliphatic heterocycles. The highest BCUT2D eigenvalue weighted by molar-refractivity contribution is 5.76. The van der Waals surface area contributed by atoms with E-state index in [4.69, 9.17) is 4.74 Å². The van der Waals surface area contributed by atoms with Gasteiger partial charge in [0.15, 0.2) is 0 Å². The van der Waals surface area contributed by atoms with Crippen molar-refractivity contribution >= 4 is 5.91 Å². The van der Waals surface area contributed by atoms with Crippen LogP contribution in [0.5, 0.6) is 5.75 Å². The Labute approximate surface area is 134 Å². The van der Waals surface area contributed by atoms with Crippen LogP contribution in [-0.4, -0.2) is 30.0 Å². The van der Waals surface area contributed by atoms with Crippen molar-refractivity contribution in [2.75, 3.05) is 13.1 Å². The largest absolute Gasteiger partial charge is 0.490 e. The number of ether oxygens (including phenoxy) is 1. The number of amides is 1. The van der Waals surface area contributed by atoms with E-state index in [1.165, 1.54) is 5.56 Å². The van der Waals surface area contributed by atoms with Gasteiger partial charge in [0.05, 0.1) is 0 Å². The van der Waals surface area contributed by atoms with Gasteiger partial charge in [0.1, 0.15) is 11.9 Å². The van der Waals surface area contributed by atoms with Crippen LogP contribution < -0.4 is 4.74 Å². The van der Waals surface area contributed by atoms with E-state index in [9.17, 15) is 4.79 Å². The molecule has 3 nitrogen and oxygen atoms in total. The quantitative estimate of drug-likeness (QED) is 0.839. The van der Waals surface area contributed by atoms with Crippen LogP contribution in [0.15, 0.2) is 24.3 Å². The smallest absolute Gasteiger partial charge is 0.223 e. The van der Waals surface area contributed by atoms with Crippen LogP contribution in [0.4, 0.5) is 0 Å². The van der Waals surface area contributed by atoms with Gasteiger partial charge in [0, 0.05) is 32.4 Å². The second kappa shape index (κ2) is 7.17. The van der Waals surface area contributed by atoms with Crippen molar-refractivity contribution in [3.05, 3.63) is 29.8 Å². The van der Waals surface area contributed by atoms with Gasteiger partial charge in [-0.3, -0.25) is 4.79 Å². The number of hydrogen-bond donors (Lipinski definition) is 0. The molecule has 3 heteroatoms. The highest BCUT2D eigenvalue weighted by Crippen LogP contribution is 2.24. The zero-order valence-corrected chi connectivity index (χ0v) is 14.4. The number of carbonyl (C=O) groups is 1. The van der Waals surface area contributed by atoms with E-state index in [1.54, 1.807) is 0 Å². The summed E-state index contributed by atoms with van der Waals surface area (Å²) < 4.78 is 6.09. The lowest BCUT2D eigenvalue weighted by Gasteiger charge is -2.33. The van der Waals surface area contributed by atoms with Crippen LogP contribution in [0.2, 0.25) is 0 Å². The normalized spacial score (nSPS) is 16.6. The van der Waals surface area contributed by atoms with E-state index in [0.29, 0.717) is 6.42 Å². The summed E-state index contributed by atoms with van der Waals surface area (Å²) in [4.78, 5) is 14.2. The Morgan fingerprint density at radius 3 is 2.55 bits per heavy atom. The zero-order chi connectivity index (χ0) is 16.2. The molecule has 0 aliphatic carbocycles. The van der Waals surface area contributed by atoms with Crippen LogP contribution in [0.3, 0.4) is 0 Å². The Morgan fingerprint density at radius 1 is 1.27 bits per heavy atom. The van der Waals surface area contributed by atoms with Crippen LogP contribution in [0, 0.1) is 5.41 Å². The number of hydrogen-bond acceptors (Lipinski definition) is 2. The van der Waals surface area contributed by atoms with Crippen molar-refractivity contribution in [1.82, 2.24) is 4.90 Å². The third kappa shape index (κ3) is 5.04. The fraction of sp³-hybridized carbons (Fsp3) is 0.632. The molecule has 0 atom stereocenters. The molecule has 0 spiro atoms. The molecule has 0 unspecified atom stereocenters. The SMILES string of the molecule is CCc1cccc(OC2CCN(C(=O)CC(C)(C)C)CC2)c1. The Kier molecular flexibility index (Phi) is 5.49. The van der Waals surface area contributed by atoms with Gasteiger partial charge in [-0.15, -0.1) is 0 Å². The number of carbonyl (C=O) groups excluding carboxylic acids is 1. The van der Waals surface area contributed by atoms with Gasteiger partial charge in [-0.05, 0) is 29.5 Å². The number of rotatable bonds is 4. The van der Waals surface area contributed by atoms with Crippen molar-refractivity contribution < 1.29 is 9.53 Å². The summed E-state index contributed by atoms with van der Waals surface area (Å²) in [5.74, 6) is 1.23. The molecular formula is C19H29NO2. The van der Waals surface area contributed by atoms with Crippen LogP contribution in [-0.2, 0) is 11.2 Å². The van der Waals surface area contributed by atoms with E-state index in [-0.39, 0.29) is 17.4 Å². The number of piperidine rings is 1. The highest BCUT2D eigenvalue weighted by Gasteiger charge is 2.26. The molecule has 1 saturated heterocycles. The molecule has 122 valence electrons. The third-order valence-electron chi connectivity index (χ3n) is 4.09. The minimum atomic E-state index is 0.0605. The number of likely N-dealkylation sites (tertiary alicyclic amines) is 1. The molecule has 0 radical (unpaired) electrons. The van der Waals surface area contributed by atoms with Crippen molar-refractivity contribution in [2.45, 2.75) is 59.5 Å². The van der Waals surface area contributed by atoms with Crippen LogP contribution >= 0.6 is 0 Å². The summed E-state index contributed by atoms with van der Waals surface area (Å²) in [6.07, 6.45) is 3.72. The van der Waals surface area contributed by atoms with Crippen LogP contribution in [0.1, 0.15) is 52.5 Å². The third-order valence-corrected chi connectivity index (χ3v) is 4.09. The predicted octanol–water partition coefficient (Wildman–Crippen LogP) is 4.06. The highest BCUT2D eigenvalue weighted by atomic mass is 16.5. The topological polar surface area (TPSA) is 29.5 Å². The van der Waals surface area contributed by atoms with Gasteiger partial charge in [-0.1, -0.05) is 39.8 Å². The molecule has 0 N–H and O–H groups in total. The van der Waals surface area contributed by atoms with Crippen molar-refractivity contribution in [1.29, 1.82) is 0 Å². The molecule has 0 saturated carbocycles. The van der Waals surface area contributed by atoms with Gasteiger partial charge >= 0.3 is 0 Å². The number of benzene rings is 1. The first-order valence-corrected chi connectivity index (χ1v) is 8.41. The maximum Gasteiger partial charge on any atom is 0.223 e. The van der Waals surface area contributed by atoms with E-state index >= 15 is 0 Å². The minimum absolute atomic E-state index is 0.0605. The summed E-state index contributed by atoms with van der Waals surface area (Å²) >= 11 is 0. The van der Waals surface area contributed by atoms with Gasteiger partial charge in [-0.25, -0.2) is 0 Å². The lowest BCUT2D eigenvalue weighted by Crippen LogP contribution is -2.42. The first-order chi connectivity index (χ1) is 10.4. The average Bonchev–Trinajstić information content (AvgIpc) is 2.46. The first-order valence-electron chi connectivity index (χ1n) is 8.41. The molecule has 22 heavy (non-hydrogen) atoms. The number of aryl methyl sites for hydroxylation is 1. The summed E-state index contributed by atoms with van der Waals surface area (Å²) in [6.45, 7) is 10.1. The van der Waals surface area contributed by atoms with E-state index in [2.05, 4.69) is 45.9 Å². The van der Waals surface area contributed by atoms with Gasteiger partial charge < -0.3 is 9.64 Å². The molecule has 1 aromatic rings. The minimum Gasteiger partial charge on any atom is -0.490 e. The Balaban J connectivity index is 1.83. The zero-order valence-electron chi connectivity index (χ0n) is 14.4. The standard InChI is InChI=1S/C19H29NO2/c1-5-15-7-6-8-17(13-15)22-16-9-11-20(12-10-16)18(21)14-19(2,3)4/h6-8,13,16H,5,9-12,14H2,1-4H3. The molecular weight excluding hydrogens is 274 g/mol. The summed E-state index contributed by atoms with van der Waals surface area (Å²) in [6, 6.07) is 8.32. The van der Waals surface area contributed by atoms with Crippen molar-refractivity contribution in [2.24, 2.45) is 5.41 Å². The maximum absolute atomic E-state index is 12.2. The fourth-order valence-electron chi connectivity index (χ4n) is 2.82. The molecule has 0 bridgehead atoms. The summed E-state index contributed by atoms with van der Waals surface area (Å²) in [5, 5.41) is 0. The molecule has 1 fully saturated rings. The second-order valence-corrected chi connectivity index (χ2v) is 7.44. The van der Waals surface area contributed by atoms with Crippen molar-refractivity contribution in [3.8, 4) is 5.75 Å². The molecule has 1 aliphatic rings. The fourth-order valence-corrected chi connectivity index (χ4v) is 2.82. The summed E-state index contributed by atoms with van der Waals surface area (Å²) in [7, 11) is 0. The van der Waals surface area contributed by atoms with Crippen LogP contribution in [0.25, 0.3) is 0 Å². The van der Waals surface area contributed by atoms with Gasteiger partial charge in [0.25, 0.3) is 0 Å². The van der Waals surface area contributed by atoms with Gasteiger partial charge in [-0.2, -0.15) is 0 Å². The molecule has 1 aromatic carbocycles. The Morgan fingerprint density at radius 2 is 1.95 bits per heavy atom. The van der Waals surface area contributed by atoms with E-state index < -0.39 is 0 Å². The maximum atomic E-state index is 12.2.